The van der Waals surface area contributed by atoms with Crippen molar-refractivity contribution in [3.63, 3.8) is 0 Å². The Kier molecular flexibility index (Phi) is 3.70. The Morgan fingerprint density at radius 1 is 1.30 bits per heavy atom. The van der Waals surface area contributed by atoms with E-state index in [9.17, 15) is 14.3 Å². The molecule has 0 spiro atoms. The van der Waals surface area contributed by atoms with Crippen molar-refractivity contribution in [2.75, 3.05) is 5.32 Å². The average Bonchev–Trinajstić information content (AvgIpc) is 2.33. The molecule has 1 aromatic carbocycles. The van der Waals surface area contributed by atoms with Crippen LogP contribution in [0, 0.1) is 26.6 Å². The highest BCUT2D eigenvalue weighted by molar-refractivity contribution is 5.95. The molecule has 0 unspecified atom stereocenters. The molecular formula is C15H15FN2O2. The molecule has 4 nitrogen and oxygen atoms in total. The third-order valence-corrected chi connectivity index (χ3v) is 3.08. The second kappa shape index (κ2) is 5.28. The molecule has 1 heterocycles. The van der Waals surface area contributed by atoms with Crippen LogP contribution >= 0.6 is 0 Å². The fraction of sp³-hybridized carbons (Fsp3) is 0.200. The van der Waals surface area contributed by atoms with Crippen LogP contribution in [-0.2, 0) is 0 Å². The molecule has 0 aliphatic heterocycles. The summed E-state index contributed by atoms with van der Waals surface area (Å²) in [6.45, 7) is 5.12. The van der Waals surface area contributed by atoms with Gasteiger partial charge in [0.1, 0.15) is 17.2 Å². The van der Waals surface area contributed by atoms with Crippen LogP contribution in [0.2, 0.25) is 0 Å². The number of carboxylic acid groups (broad SMARTS) is 1. The van der Waals surface area contributed by atoms with Crippen LogP contribution in [-0.4, -0.2) is 16.1 Å². The molecule has 2 aromatic rings. The lowest BCUT2D eigenvalue weighted by molar-refractivity contribution is 0.0697. The highest BCUT2D eigenvalue weighted by Gasteiger charge is 2.16. The van der Waals surface area contributed by atoms with Crippen LogP contribution in [0.25, 0.3) is 0 Å². The molecule has 0 fully saturated rings. The van der Waals surface area contributed by atoms with Gasteiger partial charge < -0.3 is 10.4 Å². The number of aromatic nitrogens is 1. The first-order valence-electron chi connectivity index (χ1n) is 6.14. The molecule has 2 N–H and O–H groups in total. The van der Waals surface area contributed by atoms with E-state index in [4.69, 9.17) is 0 Å². The Morgan fingerprint density at radius 3 is 2.65 bits per heavy atom. The van der Waals surface area contributed by atoms with Gasteiger partial charge in [0.15, 0.2) is 0 Å². The van der Waals surface area contributed by atoms with Crippen LogP contribution in [0.5, 0.6) is 0 Å². The van der Waals surface area contributed by atoms with Crippen molar-refractivity contribution < 1.29 is 14.3 Å². The van der Waals surface area contributed by atoms with Crippen LogP contribution < -0.4 is 5.32 Å². The van der Waals surface area contributed by atoms with E-state index in [2.05, 4.69) is 10.3 Å². The monoisotopic (exact) mass is 274 g/mol. The SMILES string of the molecule is Cc1cc(C)c(C(=O)O)c(Nc2cccc(F)c2C)n1. The van der Waals surface area contributed by atoms with Gasteiger partial charge in [-0.25, -0.2) is 14.2 Å². The molecule has 0 bridgehead atoms. The zero-order valence-electron chi connectivity index (χ0n) is 11.5. The quantitative estimate of drug-likeness (QED) is 0.897. The molecule has 2 rings (SSSR count). The number of anilines is 2. The van der Waals surface area contributed by atoms with Gasteiger partial charge in [0.2, 0.25) is 0 Å². The summed E-state index contributed by atoms with van der Waals surface area (Å²) < 4.78 is 13.5. The van der Waals surface area contributed by atoms with E-state index in [0.29, 0.717) is 22.5 Å². The lowest BCUT2D eigenvalue weighted by atomic mass is 10.1. The predicted molar refractivity (Wildman–Crippen MR) is 75.1 cm³/mol. The standard InChI is InChI=1S/C15H15FN2O2/c1-8-7-9(2)17-14(13(8)15(19)20)18-12-6-4-5-11(16)10(12)3/h4-7H,1-3H3,(H,17,18)(H,19,20). The first-order chi connectivity index (χ1) is 9.40. The maximum absolute atomic E-state index is 13.5. The number of carbonyl (C=O) groups is 1. The number of hydrogen-bond donors (Lipinski definition) is 2. The van der Waals surface area contributed by atoms with Gasteiger partial charge in [0.25, 0.3) is 0 Å². The molecule has 0 saturated carbocycles. The van der Waals surface area contributed by atoms with E-state index in [1.54, 1.807) is 39.0 Å². The molecule has 0 saturated heterocycles. The number of aryl methyl sites for hydroxylation is 2. The topological polar surface area (TPSA) is 62.2 Å². The third-order valence-electron chi connectivity index (χ3n) is 3.08. The molecule has 0 aliphatic carbocycles. The summed E-state index contributed by atoms with van der Waals surface area (Å²) in [5.41, 5.74) is 2.33. The average molecular weight is 274 g/mol. The number of carboxylic acids is 1. The summed E-state index contributed by atoms with van der Waals surface area (Å²) in [5.74, 6) is -1.19. The number of nitrogens with zero attached hydrogens (tertiary/aromatic N) is 1. The molecule has 20 heavy (non-hydrogen) atoms. The number of benzene rings is 1. The van der Waals surface area contributed by atoms with Crippen molar-refractivity contribution in [1.82, 2.24) is 4.98 Å². The van der Waals surface area contributed by atoms with E-state index < -0.39 is 5.97 Å². The van der Waals surface area contributed by atoms with E-state index in [0.717, 1.165) is 0 Å². The highest BCUT2D eigenvalue weighted by atomic mass is 19.1. The van der Waals surface area contributed by atoms with Crippen molar-refractivity contribution in [2.45, 2.75) is 20.8 Å². The van der Waals surface area contributed by atoms with Gasteiger partial charge in [-0.3, -0.25) is 0 Å². The van der Waals surface area contributed by atoms with Gasteiger partial charge in [0.05, 0.1) is 0 Å². The second-order valence-electron chi connectivity index (χ2n) is 4.65. The molecule has 104 valence electrons. The first-order valence-corrected chi connectivity index (χ1v) is 6.14. The predicted octanol–water partition coefficient (Wildman–Crippen LogP) is 3.59. The number of hydrogen-bond acceptors (Lipinski definition) is 3. The summed E-state index contributed by atoms with van der Waals surface area (Å²) in [4.78, 5) is 15.5. The molecule has 0 aliphatic rings. The van der Waals surface area contributed by atoms with Crippen molar-refractivity contribution in [3.05, 3.63) is 52.5 Å². The van der Waals surface area contributed by atoms with Crippen LogP contribution in [0.1, 0.15) is 27.2 Å². The number of rotatable bonds is 3. The first kappa shape index (κ1) is 14.0. The van der Waals surface area contributed by atoms with Gasteiger partial charge in [0, 0.05) is 16.9 Å². The Bertz CT molecular complexity index is 684. The van der Waals surface area contributed by atoms with Crippen LogP contribution in [0.3, 0.4) is 0 Å². The molecule has 5 heteroatoms. The number of aromatic carboxylic acids is 1. The Morgan fingerprint density at radius 2 is 2.00 bits per heavy atom. The summed E-state index contributed by atoms with van der Waals surface area (Å²) in [6.07, 6.45) is 0. The molecule has 0 radical (unpaired) electrons. The fourth-order valence-corrected chi connectivity index (χ4v) is 2.07. The highest BCUT2D eigenvalue weighted by Crippen LogP contribution is 2.25. The number of halogens is 1. The molecule has 1 aromatic heterocycles. The van der Waals surface area contributed by atoms with E-state index in [1.807, 2.05) is 0 Å². The summed E-state index contributed by atoms with van der Waals surface area (Å²) >= 11 is 0. The van der Waals surface area contributed by atoms with Crippen molar-refractivity contribution in [1.29, 1.82) is 0 Å². The molecule has 0 atom stereocenters. The smallest absolute Gasteiger partial charge is 0.339 e. The lowest BCUT2D eigenvalue weighted by Gasteiger charge is -2.13. The van der Waals surface area contributed by atoms with E-state index in [1.165, 1.54) is 6.07 Å². The van der Waals surface area contributed by atoms with Crippen LogP contribution in [0.15, 0.2) is 24.3 Å². The maximum Gasteiger partial charge on any atom is 0.339 e. The minimum atomic E-state index is -1.06. The van der Waals surface area contributed by atoms with Gasteiger partial charge in [-0.2, -0.15) is 0 Å². The maximum atomic E-state index is 13.5. The van der Waals surface area contributed by atoms with Crippen molar-refractivity contribution >= 4 is 17.5 Å². The second-order valence-corrected chi connectivity index (χ2v) is 4.65. The third kappa shape index (κ3) is 2.61. The van der Waals surface area contributed by atoms with E-state index in [-0.39, 0.29) is 17.2 Å². The summed E-state index contributed by atoms with van der Waals surface area (Å²) in [7, 11) is 0. The zero-order valence-corrected chi connectivity index (χ0v) is 11.5. The molecular weight excluding hydrogens is 259 g/mol. The largest absolute Gasteiger partial charge is 0.478 e. The normalized spacial score (nSPS) is 10.4. The Hall–Kier alpha value is -2.43. The summed E-state index contributed by atoms with van der Waals surface area (Å²) in [5, 5.41) is 12.2. The minimum Gasteiger partial charge on any atom is -0.478 e. The fourth-order valence-electron chi connectivity index (χ4n) is 2.07. The van der Waals surface area contributed by atoms with Gasteiger partial charge in [-0.15, -0.1) is 0 Å². The van der Waals surface area contributed by atoms with E-state index >= 15 is 0 Å². The van der Waals surface area contributed by atoms with Crippen LogP contribution in [0.4, 0.5) is 15.9 Å². The Labute approximate surface area is 116 Å². The Balaban J connectivity index is 2.53. The molecule has 0 amide bonds. The summed E-state index contributed by atoms with van der Waals surface area (Å²) in [6, 6.07) is 6.30. The van der Waals surface area contributed by atoms with Gasteiger partial charge in [-0.05, 0) is 44.5 Å². The number of nitrogens with one attached hydrogen (secondary N) is 1. The lowest BCUT2D eigenvalue weighted by Crippen LogP contribution is -2.09. The van der Waals surface area contributed by atoms with Gasteiger partial charge in [-0.1, -0.05) is 6.07 Å². The van der Waals surface area contributed by atoms with Gasteiger partial charge >= 0.3 is 5.97 Å². The number of pyridine rings is 1. The van der Waals surface area contributed by atoms with Crippen molar-refractivity contribution in [2.24, 2.45) is 0 Å². The van der Waals surface area contributed by atoms with Crippen molar-refractivity contribution in [3.8, 4) is 0 Å². The zero-order chi connectivity index (χ0) is 14.9. The minimum absolute atomic E-state index is 0.0965.